The summed E-state index contributed by atoms with van der Waals surface area (Å²) in [4.78, 5) is 25.3. The van der Waals surface area contributed by atoms with Crippen LogP contribution in [0.4, 0.5) is 0 Å². The van der Waals surface area contributed by atoms with Gasteiger partial charge in [-0.2, -0.15) is 8.42 Å². The Morgan fingerprint density at radius 1 is 0.611 bits per heavy atom. The van der Waals surface area contributed by atoms with Crippen molar-refractivity contribution in [3.05, 3.63) is 12.2 Å². The highest BCUT2D eigenvalue weighted by Crippen LogP contribution is 2.24. The maximum atomic E-state index is 12.7. The van der Waals surface area contributed by atoms with Gasteiger partial charge in [0.05, 0.1) is 6.61 Å². The fourth-order valence-corrected chi connectivity index (χ4v) is 7.17. The lowest BCUT2D eigenvalue weighted by Crippen LogP contribution is -2.60. The highest BCUT2D eigenvalue weighted by atomic mass is 32.2. The Bertz CT molecular complexity index is 1070. The third-order valence-electron chi connectivity index (χ3n) is 9.85. The molecule has 6 atom stereocenters. The zero-order valence-electron chi connectivity index (χ0n) is 33.6. The van der Waals surface area contributed by atoms with Crippen LogP contribution in [0.5, 0.6) is 0 Å². The molecule has 54 heavy (non-hydrogen) atoms. The van der Waals surface area contributed by atoms with Gasteiger partial charge >= 0.3 is 11.9 Å². The van der Waals surface area contributed by atoms with Crippen LogP contribution in [-0.4, -0.2) is 96.0 Å². The zero-order chi connectivity index (χ0) is 39.9. The van der Waals surface area contributed by atoms with Crippen molar-refractivity contribution >= 4 is 22.1 Å². The molecule has 0 aliphatic carbocycles. The minimum Gasteiger partial charge on any atom is -0.462 e. The molecule has 0 aromatic rings. The van der Waals surface area contributed by atoms with E-state index >= 15 is 0 Å². The molecule has 0 saturated carbocycles. The number of aliphatic hydroxyl groups excluding tert-OH is 3. The van der Waals surface area contributed by atoms with Crippen molar-refractivity contribution in [2.75, 3.05) is 19.0 Å². The van der Waals surface area contributed by atoms with Crippen LogP contribution in [-0.2, 0) is 38.7 Å². The van der Waals surface area contributed by atoms with E-state index in [-0.39, 0.29) is 19.4 Å². The molecule has 0 aromatic heterocycles. The number of ether oxygens (including phenoxy) is 4. The average Bonchev–Trinajstić information content (AvgIpc) is 3.13. The molecule has 12 nitrogen and oxygen atoms in total. The lowest BCUT2D eigenvalue weighted by atomic mass is 10.00. The fraction of sp³-hybridized carbons (Fsp3) is 0.902. The van der Waals surface area contributed by atoms with E-state index < -0.39 is 71.2 Å². The smallest absolute Gasteiger partial charge is 0.306 e. The minimum atomic E-state index is -4.60. The fourth-order valence-electron chi connectivity index (χ4n) is 6.48. The van der Waals surface area contributed by atoms with Gasteiger partial charge in [0.25, 0.3) is 10.1 Å². The van der Waals surface area contributed by atoms with Gasteiger partial charge in [0.1, 0.15) is 36.8 Å². The third kappa shape index (κ3) is 27.1. The van der Waals surface area contributed by atoms with Crippen molar-refractivity contribution in [2.24, 2.45) is 0 Å². The molecule has 1 aliphatic rings. The van der Waals surface area contributed by atoms with Crippen LogP contribution in [0.3, 0.4) is 0 Å². The molecule has 1 aliphatic heterocycles. The summed E-state index contributed by atoms with van der Waals surface area (Å²) in [5.41, 5.74) is 0. The van der Waals surface area contributed by atoms with Gasteiger partial charge in [0, 0.05) is 12.8 Å². The lowest BCUT2D eigenvalue weighted by molar-refractivity contribution is -0.297. The van der Waals surface area contributed by atoms with Crippen molar-refractivity contribution in [1.82, 2.24) is 0 Å². The van der Waals surface area contributed by atoms with Gasteiger partial charge in [-0.3, -0.25) is 14.1 Å². The second-order valence-electron chi connectivity index (χ2n) is 15.0. The number of allylic oxidation sites excluding steroid dienone is 2. The van der Waals surface area contributed by atoms with Crippen LogP contribution in [0, 0.1) is 0 Å². The molecule has 1 rings (SSSR count). The molecule has 1 saturated heterocycles. The molecule has 4 N–H and O–H groups in total. The molecular weight excluding hydrogens is 717 g/mol. The molecule has 318 valence electrons. The Morgan fingerprint density at radius 2 is 1.07 bits per heavy atom. The lowest BCUT2D eigenvalue weighted by Gasteiger charge is -2.40. The number of carbonyl (C=O) groups is 2. The van der Waals surface area contributed by atoms with E-state index in [0.29, 0.717) is 12.8 Å². The van der Waals surface area contributed by atoms with Crippen molar-refractivity contribution in [3.63, 3.8) is 0 Å². The number of aliphatic hydroxyl groups is 3. The molecule has 0 radical (unpaired) electrons. The van der Waals surface area contributed by atoms with Gasteiger partial charge in [-0.25, -0.2) is 0 Å². The Kier molecular flexibility index (Phi) is 30.3. The summed E-state index contributed by atoms with van der Waals surface area (Å²) < 4.78 is 53.9. The Labute approximate surface area is 326 Å². The van der Waals surface area contributed by atoms with Gasteiger partial charge in [0.2, 0.25) is 0 Å². The summed E-state index contributed by atoms with van der Waals surface area (Å²) in [5.74, 6) is -1.99. The monoisotopic (exact) mass is 793 g/mol. The Balaban J connectivity index is 2.46. The maximum absolute atomic E-state index is 12.7. The standard InChI is InChI=1S/C41H76O12S/c1-3-5-7-9-11-13-15-16-17-18-20-21-23-25-27-29-36(42)50-31-34(52-37(43)30-28-26-24-22-19-14-12-10-8-6-4-2)32-51-41-40(46)39(45)38(44)35(53-41)33-54(47,48)49/h10,12,34-35,38-41,44-46H,3-9,11,13-33H2,1-2H3,(H,47,48,49)/b12-10-. The van der Waals surface area contributed by atoms with E-state index in [4.69, 9.17) is 18.9 Å². The highest BCUT2D eigenvalue weighted by Gasteiger charge is 2.46. The Hall–Kier alpha value is -1.61. The number of hydrogen-bond donors (Lipinski definition) is 4. The molecule has 1 heterocycles. The number of rotatable bonds is 35. The average molecular weight is 793 g/mol. The number of hydrogen-bond acceptors (Lipinski definition) is 11. The van der Waals surface area contributed by atoms with Gasteiger partial charge in [0.15, 0.2) is 12.4 Å². The SMILES string of the molecule is CCCC/C=C\CCCCCCCC(=O)OC(COC(=O)CCCCCCCCCCCCCCCCC)COC1OC(CS(=O)(=O)O)C(O)C(O)C1O. The first-order chi connectivity index (χ1) is 26.0. The van der Waals surface area contributed by atoms with E-state index in [9.17, 15) is 37.9 Å². The van der Waals surface area contributed by atoms with Crippen LogP contribution in [0.1, 0.15) is 181 Å². The second-order valence-corrected chi connectivity index (χ2v) is 16.5. The van der Waals surface area contributed by atoms with Crippen LogP contribution >= 0.6 is 0 Å². The van der Waals surface area contributed by atoms with Crippen LogP contribution in [0.25, 0.3) is 0 Å². The summed E-state index contributed by atoms with van der Waals surface area (Å²) in [6.07, 6.45) is 22.7. The van der Waals surface area contributed by atoms with Crippen molar-refractivity contribution in [2.45, 2.75) is 218 Å². The van der Waals surface area contributed by atoms with Crippen LogP contribution in [0.15, 0.2) is 12.2 Å². The minimum absolute atomic E-state index is 0.157. The van der Waals surface area contributed by atoms with E-state index in [1.54, 1.807) is 0 Å². The second kappa shape index (κ2) is 32.5. The van der Waals surface area contributed by atoms with Gasteiger partial charge in [-0.05, 0) is 32.1 Å². The highest BCUT2D eigenvalue weighted by molar-refractivity contribution is 7.85. The largest absolute Gasteiger partial charge is 0.462 e. The number of esters is 2. The summed E-state index contributed by atoms with van der Waals surface area (Å²) in [5, 5.41) is 30.8. The number of unbranched alkanes of at least 4 members (excludes halogenated alkanes) is 21. The predicted molar refractivity (Wildman–Crippen MR) is 210 cm³/mol. The Morgan fingerprint density at radius 3 is 1.59 bits per heavy atom. The van der Waals surface area contributed by atoms with Gasteiger partial charge in [-0.15, -0.1) is 0 Å². The molecule has 0 aromatic carbocycles. The van der Waals surface area contributed by atoms with Crippen molar-refractivity contribution < 1.29 is 56.8 Å². The third-order valence-corrected chi connectivity index (χ3v) is 10.6. The van der Waals surface area contributed by atoms with E-state index in [1.807, 2.05) is 0 Å². The number of carbonyl (C=O) groups excluding carboxylic acids is 2. The van der Waals surface area contributed by atoms with Crippen molar-refractivity contribution in [1.29, 1.82) is 0 Å². The topological polar surface area (TPSA) is 186 Å². The quantitative estimate of drug-likeness (QED) is 0.0211. The predicted octanol–water partition coefficient (Wildman–Crippen LogP) is 7.89. The first-order valence-corrected chi connectivity index (χ1v) is 22.9. The van der Waals surface area contributed by atoms with E-state index in [0.717, 1.165) is 57.8 Å². The molecule has 6 unspecified atom stereocenters. The summed E-state index contributed by atoms with van der Waals surface area (Å²) >= 11 is 0. The molecule has 0 bridgehead atoms. The summed E-state index contributed by atoms with van der Waals surface area (Å²) in [6, 6.07) is 0. The van der Waals surface area contributed by atoms with Crippen LogP contribution < -0.4 is 0 Å². The maximum Gasteiger partial charge on any atom is 0.306 e. The molecule has 1 fully saturated rings. The summed E-state index contributed by atoms with van der Waals surface area (Å²) in [6.45, 7) is 3.71. The zero-order valence-corrected chi connectivity index (χ0v) is 34.4. The molecule has 0 amide bonds. The first-order valence-electron chi connectivity index (χ1n) is 21.2. The van der Waals surface area contributed by atoms with E-state index in [2.05, 4.69) is 26.0 Å². The molecule has 13 heteroatoms. The van der Waals surface area contributed by atoms with Gasteiger partial charge < -0.3 is 34.3 Å². The summed E-state index contributed by atoms with van der Waals surface area (Å²) in [7, 11) is -4.60. The van der Waals surface area contributed by atoms with Gasteiger partial charge in [-0.1, -0.05) is 148 Å². The van der Waals surface area contributed by atoms with E-state index in [1.165, 1.54) is 83.5 Å². The van der Waals surface area contributed by atoms with Crippen molar-refractivity contribution in [3.8, 4) is 0 Å². The first kappa shape index (κ1) is 50.4. The normalized spacial score (nSPS) is 21.0. The molecule has 0 spiro atoms. The molecular formula is C41H76O12S. The van der Waals surface area contributed by atoms with Crippen LogP contribution in [0.2, 0.25) is 0 Å².